The van der Waals surface area contributed by atoms with Gasteiger partial charge in [0.05, 0.1) is 17.9 Å². The van der Waals surface area contributed by atoms with Crippen molar-refractivity contribution in [2.24, 2.45) is 0 Å². The lowest BCUT2D eigenvalue weighted by Crippen LogP contribution is -2.29. The molecule has 0 spiro atoms. The van der Waals surface area contributed by atoms with E-state index in [1.54, 1.807) is 6.20 Å². The molecule has 0 atom stereocenters. The van der Waals surface area contributed by atoms with Gasteiger partial charge in [-0.05, 0) is 44.5 Å². The third-order valence-corrected chi connectivity index (χ3v) is 3.93. The number of anilines is 1. The summed E-state index contributed by atoms with van der Waals surface area (Å²) in [5, 5.41) is 10.6. The number of benzene rings is 1. The predicted octanol–water partition coefficient (Wildman–Crippen LogP) is 2.37. The van der Waals surface area contributed by atoms with E-state index in [2.05, 4.69) is 15.7 Å². The molecule has 5 nitrogen and oxygen atoms in total. The minimum Gasteiger partial charge on any atom is -0.319 e. The minimum absolute atomic E-state index is 0.0852. The van der Waals surface area contributed by atoms with Gasteiger partial charge in [0.15, 0.2) is 0 Å². The first-order valence-electron chi connectivity index (χ1n) is 7.36. The van der Waals surface area contributed by atoms with Crippen LogP contribution in [0.2, 0.25) is 0 Å². The van der Waals surface area contributed by atoms with Crippen LogP contribution in [0, 0.1) is 6.92 Å². The van der Waals surface area contributed by atoms with Gasteiger partial charge in [-0.25, -0.2) is 0 Å². The zero-order valence-corrected chi connectivity index (χ0v) is 12.2. The third-order valence-electron chi connectivity index (χ3n) is 3.93. The Morgan fingerprint density at radius 3 is 2.86 bits per heavy atom. The number of aromatic nitrogens is 2. The molecule has 2 aromatic rings. The standard InChI is InChI=1S/C16H20N4O/c1-12-4-2-3-5-15(12)16(21)19-13-10-18-20(11-13)14-6-8-17-9-7-14/h2-5,10-11,14,17H,6-9H2,1H3,(H,19,21). The van der Waals surface area contributed by atoms with Crippen LogP contribution in [0.1, 0.15) is 34.8 Å². The molecule has 1 aromatic carbocycles. The van der Waals surface area contributed by atoms with Crippen molar-refractivity contribution in [1.82, 2.24) is 15.1 Å². The molecule has 1 aromatic heterocycles. The van der Waals surface area contributed by atoms with E-state index >= 15 is 0 Å². The predicted molar refractivity (Wildman–Crippen MR) is 82.5 cm³/mol. The number of carbonyl (C=O) groups excluding carboxylic acids is 1. The van der Waals surface area contributed by atoms with Crippen molar-refractivity contribution in [3.05, 3.63) is 47.8 Å². The van der Waals surface area contributed by atoms with Crippen LogP contribution in [-0.2, 0) is 0 Å². The second-order valence-electron chi connectivity index (χ2n) is 5.46. The van der Waals surface area contributed by atoms with Crippen LogP contribution < -0.4 is 10.6 Å². The van der Waals surface area contributed by atoms with Gasteiger partial charge < -0.3 is 10.6 Å². The van der Waals surface area contributed by atoms with Crippen LogP contribution in [0.4, 0.5) is 5.69 Å². The highest BCUT2D eigenvalue weighted by molar-refractivity contribution is 6.05. The number of rotatable bonds is 3. The van der Waals surface area contributed by atoms with Gasteiger partial charge in [0.1, 0.15) is 0 Å². The molecule has 110 valence electrons. The molecule has 1 amide bonds. The highest BCUT2D eigenvalue weighted by atomic mass is 16.1. The fourth-order valence-electron chi connectivity index (χ4n) is 2.70. The summed E-state index contributed by atoms with van der Waals surface area (Å²) in [5.41, 5.74) is 2.43. The van der Waals surface area contributed by atoms with Gasteiger partial charge in [-0.2, -0.15) is 5.10 Å². The average Bonchev–Trinajstić information content (AvgIpc) is 2.97. The molecule has 1 aliphatic rings. The van der Waals surface area contributed by atoms with E-state index in [9.17, 15) is 4.79 Å². The second kappa shape index (κ2) is 6.10. The number of nitrogens with zero attached hydrogens (tertiary/aromatic N) is 2. The van der Waals surface area contributed by atoms with E-state index in [4.69, 9.17) is 0 Å². The van der Waals surface area contributed by atoms with Gasteiger partial charge in [-0.1, -0.05) is 18.2 Å². The smallest absolute Gasteiger partial charge is 0.256 e. The van der Waals surface area contributed by atoms with E-state index in [0.29, 0.717) is 11.6 Å². The molecular weight excluding hydrogens is 264 g/mol. The normalized spacial score (nSPS) is 15.9. The maximum Gasteiger partial charge on any atom is 0.256 e. The highest BCUT2D eigenvalue weighted by Crippen LogP contribution is 2.20. The maximum absolute atomic E-state index is 12.3. The monoisotopic (exact) mass is 284 g/mol. The number of amides is 1. The SMILES string of the molecule is Cc1ccccc1C(=O)Nc1cnn(C2CCNCC2)c1. The molecule has 1 fully saturated rings. The van der Waals surface area contributed by atoms with Gasteiger partial charge >= 0.3 is 0 Å². The highest BCUT2D eigenvalue weighted by Gasteiger charge is 2.16. The molecule has 21 heavy (non-hydrogen) atoms. The van der Waals surface area contributed by atoms with E-state index in [1.807, 2.05) is 42.1 Å². The first-order chi connectivity index (χ1) is 10.2. The Kier molecular flexibility index (Phi) is 4.01. The first kappa shape index (κ1) is 13.8. The first-order valence-corrected chi connectivity index (χ1v) is 7.36. The fraction of sp³-hybridized carbons (Fsp3) is 0.375. The van der Waals surface area contributed by atoms with Crippen LogP contribution in [0.5, 0.6) is 0 Å². The molecule has 0 radical (unpaired) electrons. The van der Waals surface area contributed by atoms with Crippen LogP contribution in [0.15, 0.2) is 36.7 Å². The number of piperidine rings is 1. The summed E-state index contributed by atoms with van der Waals surface area (Å²) in [5.74, 6) is -0.0852. The lowest BCUT2D eigenvalue weighted by Gasteiger charge is -2.22. The number of hydrogen-bond donors (Lipinski definition) is 2. The van der Waals surface area contributed by atoms with Gasteiger partial charge in [0.25, 0.3) is 5.91 Å². The molecule has 3 rings (SSSR count). The Bertz CT molecular complexity index is 629. The number of nitrogens with one attached hydrogen (secondary N) is 2. The minimum atomic E-state index is -0.0852. The van der Waals surface area contributed by atoms with Gasteiger partial charge in [0, 0.05) is 11.8 Å². The second-order valence-corrected chi connectivity index (χ2v) is 5.46. The molecule has 1 aliphatic heterocycles. The summed E-state index contributed by atoms with van der Waals surface area (Å²) < 4.78 is 1.97. The summed E-state index contributed by atoms with van der Waals surface area (Å²) >= 11 is 0. The third kappa shape index (κ3) is 3.13. The van der Waals surface area contributed by atoms with Crippen LogP contribution in [0.25, 0.3) is 0 Å². The lowest BCUT2D eigenvalue weighted by atomic mass is 10.1. The molecule has 2 N–H and O–H groups in total. The molecule has 0 aliphatic carbocycles. The van der Waals surface area contributed by atoms with Gasteiger partial charge in [0.2, 0.25) is 0 Å². The number of hydrogen-bond acceptors (Lipinski definition) is 3. The van der Waals surface area contributed by atoms with E-state index in [0.717, 1.165) is 37.2 Å². The molecular formula is C16H20N4O. The molecule has 0 saturated carbocycles. The van der Waals surface area contributed by atoms with Gasteiger partial charge in [-0.3, -0.25) is 9.48 Å². The van der Waals surface area contributed by atoms with Gasteiger partial charge in [-0.15, -0.1) is 0 Å². The quantitative estimate of drug-likeness (QED) is 0.909. The topological polar surface area (TPSA) is 59.0 Å². The van der Waals surface area contributed by atoms with Crippen molar-refractivity contribution in [3.63, 3.8) is 0 Å². The summed E-state index contributed by atoms with van der Waals surface area (Å²) in [6.07, 6.45) is 5.80. The Morgan fingerprint density at radius 2 is 2.10 bits per heavy atom. The zero-order valence-electron chi connectivity index (χ0n) is 12.2. The largest absolute Gasteiger partial charge is 0.319 e. The Hall–Kier alpha value is -2.14. The summed E-state index contributed by atoms with van der Waals surface area (Å²) in [6.45, 7) is 3.98. The van der Waals surface area contributed by atoms with Crippen molar-refractivity contribution in [2.75, 3.05) is 18.4 Å². The van der Waals surface area contributed by atoms with Crippen molar-refractivity contribution < 1.29 is 4.79 Å². The van der Waals surface area contributed by atoms with Crippen molar-refractivity contribution in [2.45, 2.75) is 25.8 Å². The van der Waals surface area contributed by atoms with Crippen molar-refractivity contribution in [1.29, 1.82) is 0 Å². The number of aryl methyl sites for hydroxylation is 1. The average molecular weight is 284 g/mol. The Morgan fingerprint density at radius 1 is 1.33 bits per heavy atom. The van der Waals surface area contributed by atoms with Crippen molar-refractivity contribution in [3.8, 4) is 0 Å². The molecule has 0 bridgehead atoms. The van der Waals surface area contributed by atoms with Crippen LogP contribution in [0.3, 0.4) is 0 Å². The number of carbonyl (C=O) groups is 1. The Balaban J connectivity index is 1.69. The molecule has 5 heteroatoms. The molecule has 2 heterocycles. The lowest BCUT2D eigenvalue weighted by molar-refractivity contribution is 0.102. The van der Waals surface area contributed by atoms with E-state index in [1.165, 1.54) is 0 Å². The van der Waals surface area contributed by atoms with Crippen LogP contribution >= 0.6 is 0 Å². The summed E-state index contributed by atoms with van der Waals surface area (Å²) in [6, 6.07) is 8.01. The Labute approximate surface area is 124 Å². The maximum atomic E-state index is 12.3. The van der Waals surface area contributed by atoms with Crippen LogP contribution in [-0.4, -0.2) is 28.8 Å². The summed E-state index contributed by atoms with van der Waals surface area (Å²) in [7, 11) is 0. The van der Waals surface area contributed by atoms with Crippen molar-refractivity contribution >= 4 is 11.6 Å². The molecule has 1 saturated heterocycles. The van der Waals surface area contributed by atoms with E-state index < -0.39 is 0 Å². The van der Waals surface area contributed by atoms with E-state index in [-0.39, 0.29) is 5.91 Å². The zero-order chi connectivity index (χ0) is 14.7. The fourth-order valence-corrected chi connectivity index (χ4v) is 2.70. The summed E-state index contributed by atoms with van der Waals surface area (Å²) in [4.78, 5) is 12.3. The molecule has 0 unspecified atom stereocenters.